The van der Waals surface area contributed by atoms with Crippen LogP contribution in [0, 0.1) is 0 Å². The number of carbonyl (C=O) groups is 1. The number of piperidine rings is 1. The maximum absolute atomic E-state index is 12.4. The van der Waals surface area contributed by atoms with E-state index in [1.54, 1.807) is 0 Å². The predicted molar refractivity (Wildman–Crippen MR) is 92.1 cm³/mol. The summed E-state index contributed by atoms with van der Waals surface area (Å²) in [6, 6.07) is 8.12. The smallest absolute Gasteiger partial charge is 0.225 e. The molecule has 2 aliphatic rings. The topological polar surface area (TPSA) is 54.6 Å². The number of hydrogen-bond acceptors (Lipinski definition) is 3. The number of nitrogens with zero attached hydrogens (tertiary/aromatic N) is 1. The summed E-state index contributed by atoms with van der Waals surface area (Å²) in [7, 11) is 0. The molecule has 0 radical (unpaired) electrons. The number of hydrogen-bond donors (Lipinski definition) is 1. The molecule has 1 atom stereocenters. The van der Waals surface area contributed by atoms with Gasteiger partial charge < -0.3 is 19.4 Å². The van der Waals surface area contributed by atoms with Crippen molar-refractivity contribution in [3.8, 4) is 5.75 Å². The third kappa shape index (κ3) is 3.26. The number of fused-ring (bicyclic) bond motifs is 1. The van der Waals surface area contributed by atoms with Gasteiger partial charge in [-0.3, -0.25) is 4.79 Å². The van der Waals surface area contributed by atoms with Crippen LogP contribution in [0.4, 0.5) is 0 Å². The fraction of sp³-hybridized carbons (Fsp3) is 0.526. The van der Waals surface area contributed by atoms with Crippen molar-refractivity contribution in [1.82, 2.24) is 9.88 Å². The van der Waals surface area contributed by atoms with Crippen LogP contribution in [-0.2, 0) is 9.53 Å². The summed E-state index contributed by atoms with van der Waals surface area (Å²) >= 11 is 0. The minimum atomic E-state index is 0.137. The minimum absolute atomic E-state index is 0.137. The van der Waals surface area contributed by atoms with E-state index in [2.05, 4.69) is 11.1 Å². The van der Waals surface area contributed by atoms with E-state index in [1.165, 1.54) is 0 Å². The number of nitrogens with one attached hydrogen (secondary N) is 1. The molecule has 3 heterocycles. The van der Waals surface area contributed by atoms with E-state index in [9.17, 15) is 4.79 Å². The molecule has 0 saturated carbocycles. The van der Waals surface area contributed by atoms with E-state index in [0.717, 1.165) is 62.0 Å². The molecule has 1 aromatic heterocycles. The van der Waals surface area contributed by atoms with Gasteiger partial charge in [0, 0.05) is 49.6 Å². The average molecular weight is 328 g/mol. The number of carbonyl (C=O) groups excluding carboxylic acids is 1. The van der Waals surface area contributed by atoms with E-state index in [4.69, 9.17) is 9.47 Å². The van der Waals surface area contributed by atoms with Crippen molar-refractivity contribution in [2.45, 2.75) is 44.3 Å². The van der Waals surface area contributed by atoms with E-state index < -0.39 is 0 Å². The van der Waals surface area contributed by atoms with Crippen molar-refractivity contribution in [3.63, 3.8) is 0 Å². The molecule has 2 aliphatic heterocycles. The highest BCUT2D eigenvalue weighted by molar-refractivity contribution is 5.85. The van der Waals surface area contributed by atoms with Gasteiger partial charge in [0.05, 0.1) is 12.5 Å². The number of likely N-dealkylation sites (tertiary alicyclic amines) is 1. The molecular formula is C19H24N2O3. The second-order valence-corrected chi connectivity index (χ2v) is 6.73. The van der Waals surface area contributed by atoms with E-state index >= 15 is 0 Å². The Morgan fingerprint density at radius 1 is 1.25 bits per heavy atom. The molecule has 5 heteroatoms. The van der Waals surface area contributed by atoms with Crippen molar-refractivity contribution in [3.05, 3.63) is 30.5 Å². The first-order valence-electron chi connectivity index (χ1n) is 8.92. The van der Waals surface area contributed by atoms with Crippen LogP contribution in [0.25, 0.3) is 10.9 Å². The first-order chi connectivity index (χ1) is 11.8. The molecule has 24 heavy (non-hydrogen) atoms. The fourth-order valence-corrected chi connectivity index (χ4v) is 3.69. The molecule has 0 bridgehead atoms. The third-order valence-electron chi connectivity index (χ3n) is 5.07. The molecule has 2 aromatic rings. The average Bonchev–Trinajstić information content (AvgIpc) is 3.27. The lowest BCUT2D eigenvalue weighted by Crippen LogP contribution is -2.42. The number of H-pyrrole nitrogens is 1. The van der Waals surface area contributed by atoms with Crippen molar-refractivity contribution >= 4 is 16.8 Å². The van der Waals surface area contributed by atoms with E-state index in [0.29, 0.717) is 6.42 Å². The van der Waals surface area contributed by atoms with Crippen LogP contribution in [0.3, 0.4) is 0 Å². The van der Waals surface area contributed by atoms with E-state index in [-0.39, 0.29) is 18.1 Å². The molecule has 128 valence electrons. The van der Waals surface area contributed by atoms with Crippen LogP contribution in [0.15, 0.2) is 30.5 Å². The normalized spacial score (nSPS) is 22.2. The zero-order valence-corrected chi connectivity index (χ0v) is 13.9. The molecule has 0 aliphatic carbocycles. The number of aromatic amines is 1. The highest BCUT2D eigenvalue weighted by atomic mass is 16.5. The van der Waals surface area contributed by atoms with Crippen molar-refractivity contribution < 1.29 is 14.3 Å². The molecule has 2 saturated heterocycles. The Labute approximate surface area is 141 Å². The van der Waals surface area contributed by atoms with Crippen LogP contribution in [0.1, 0.15) is 32.1 Å². The summed E-state index contributed by atoms with van der Waals surface area (Å²) in [5.74, 6) is 1.16. The zero-order chi connectivity index (χ0) is 16.4. The molecule has 1 N–H and O–H groups in total. The van der Waals surface area contributed by atoms with Crippen LogP contribution in [-0.4, -0.2) is 47.7 Å². The van der Waals surface area contributed by atoms with Crippen molar-refractivity contribution in [2.24, 2.45) is 0 Å². The van der Waals surface area contributed by atoms with Gasteiger partial charge in [-0.05, 0) is 31.0 Å². The van der Waals surface area contributed by atoms with Gasteiger partial charge in [0.25, 0.3) is 0 Å². The lowest BCUT2D eigenvalue weighted by Gasteiger charge is -2.32. The van der Waals surface area contributed by atoms with Crippen LogP contribution in [0.5, 0.6) is 5.75 Å². The standard InChI is InChI=1S/C19H24N2O3/c22-19(13-15-3-2-12-23-15)21-10-7-14(8-11-21)24-18-5-1-4-17-16(18)6-9-20-17/h1,4-6,9,14-15,20H,2-3,7-8,10-13H2. The summed E-state index contributed by atoms with van der Waals surface area (Å²) in [5.41, 5.74) is 1.09. The molecule has 4 rings (SSSR count). The van der Waals surface area contributed by atoms with E-state index in [1.807, 2.05) is 29.3 Å². The predicted octanol–water partition coefficient (Wildman–Crippen LogP) is 3.11. The molecule has 0 spiro atoms. The van der Waals surface area contributed by atoms with Gasteiger partial charge in [-0.2, -0.15) is 0 Å². The SMILES string of the molecule is O=C(CC1CCCO1)N1CCC(Oc2cccc3[nH]ccc23)CC1. The Bertz CT molecular complexity index is 697. The maximum atomic E-state index is 12.4. The highest BCUT2D eigenvalue weighted by Gasteiger charge is 2.27. The van der Waals surface area contributed by atoms with Gasteiger partial charge in [-0.1, -0.05) is 6.07 Å². The molecule has 5 nitrogen and oxygen atoms in total. The number of rotatable bonds is 4. The summed E-state index contributed by atoms with van der Waals surface area (Å²) in [4.78, 5) is 17.5. The Kier molecular flexibility index (Phi) is 4.43. The van der Waals surface area contributed by atoms with Gasteiger partial charge in [0.1, 0.15) is 11.9 Å². The summed E-state index contributed by atoms with van der Waals surface area (Å²) in [6.45, 7) is 2.36. The van der Waals surface area contributed by atoms with Crippen LogP contribution < -0.4 is 4.74 Å². The number of ether oxygens (including phenoxy) is 2. The highest BCUT2D eigenvalue weighted by Crippen LogP contribution is 2.28. The molecular weight excluding hydrogens is 304 g/mol. The van der Waals surface area contributed by atoms with Crippen LogP contribution >= 0.6 is 0 Å². The van der Waals surface area contributed by atoms with Crippen LogP contribution in [0.2, 0.25) is 0 Å². The lowest BCUT2D eigenvalue weighted by atomic mass is 10.1. The van der Waals surface area contributed by atoms with Crippen molar-refractivity contribution in [2.75, 3.05) is 19.7 Å². The van der Waals surface area contributed by atoms with Gasteiger partial charge in [0.2, 0.25) is 5.91 Å². The number of benzene rings is 1. The molecule has 2 fully saturated rings. The summed E-state index contributed by atoms with van der Waals surface area (Å²) in [6.07, 6.45) is 6.66. The number of aromatic nitrogens is 1. The molecule has 1 unspecified atom stereocenters. The van der Waals surface area contributed by atoms with Gasteiger partial charge in [-0.15, -0.1) is 0 Å². The third-order valence-corrected chi connectivity index (χ3v) is 5.07. The van der Waals surface area contributed by atoms with Crippen molar-refractivity contribution in [1.29, 1.82) is 0 Å². The monoisotopic (exact) mass is 328 g/mol. The Balaban J connectivity index is 1.31. The molecule has 1 amide bonds. The Morgan fingerprint density at radius 3 is 2.92 bits per heavy atom. The van der Waals surface area contributed by atoms with Gasteiger partial charge in [0.15, 0.2) is 0 Å². The Morgan fingerprint density at radius 2 is 2.12 bits per heavy atom. The Hall–Kier alpha value is -2.01. The summed E-state index contributed by atoms with van der Waals surface area (Å²) in [5, 5.41) is 1.12. The first kappa shape index (κ1) is 15.5. The zero-order valence-electron chi connectivity index (χ0n) is 13.9. The minimum Gasteiger partial charge on any atom is -0.490 e. The second kappa shape index (κ2) is 6.85. The molecule has 1 aromatic carbocycles. The van der Waals surface area contributed by atoms with Gasteiger partial charge in [-0.25, -0.2) is 0 Å². The second-order valence-electron chi connectivity index (χ2n) is 6.73. The first-order valence-corrected chi connectivity index (χ1v) is 8.92. The number of amides is 1. The quantitative estimate of drug-likeness (QED) is 0.938. The largest absolute Gasteiger partial charge is 0.490 e. The summed E-state index contributed by atoms with van der Waals surface area (Å²) < 4.78 is 11.8. The lowest BCUT2D eigenvalue weighted by molar-refractivity contribution is -0.135. The van der Waals surface area contributed by atoms with Gasteiger partial charge >= 0.3 is 0 Å². The fourth-order valence-electron chi connectivity index (χ4n) is 3.69. The maximum Gasteiger partial charge on any atom is 0.225 e.